The minimum Gasteiger partial charge on any atom is -0.371 e. The summed E-state index contributed by atoms with van der Waals surface area (Å²) in [6.45, 7) is 11.5. The van der Waals surface area contributed by atoms with E-state index in [1.807, 2.05) is 18.2 Å². The lowest BCUT2D eigenvalue weighted by molar-refractivity contribution is -0.157. The van der Waals surface area contributed by atoms with Crippen LogP contribution in [-0.2, 0) is 21.4 Å². The largest absolute Gasteiger partial charge is 0.371 e. The summed E-state index contributed by atoms with van der Waals surface area (Å²) in [7, 11) is 0.467. The molecule has 3 fully saturated rings. The van der Waals surface area contributed by atoms with E-state index < -0.39 is 14.1 Å². The second-order valence-electron chi connectivity index (χ2n) is 13.6. The number of hydrogen-bond acceptors (Lipinski definition) is 6. The number of hydrogen-bond donors (Lipinski definition) is 1. The fraction of sp³-hybridized carbons (Fsp3) is 0.531. The van der Waals surface area contributed by atoms with Crippen LogP contribution in [0.5, 0.6) is 0 Å². The van der Waals surface area contributed by atoms with Gasteiger partial charge in [-0.05, 0) is 49.1 Å². The summed E-state index contributed by atoms with van der Waals surface area (Å²) in [6.07, 6.45) is 2.97. The number of aromatic nitrogens is 2. The highest BCUT2D eigenvalue weighted by Gasteiger charge is 2.41. The number of imidazole rings is 1. The molecule has 1 N–H and O–H groups in total. The van der Waals surface area contributed by atoms with Gasteiger partial charge in [0.25, 0.3) is 5.91 Å². The summed E-state index contributed by atoms with van der Waals surface area (Å²) < 4.78 is 9.01. The molecule has 0 radical (unpaired) electrons. The van der Waals surface area contributed by atoms with Gasteiger partial charge in [0, 0.05) is 71.0 Å². The van der Waals surface area contributed by atoms with Gasteiger partial charge in [-0.2, -0.15) is 0 Å². The average Bonchev–Trinajstić information content (AvgIpc) is 3.21. The molecule has 1 spiro atoms. The average molecular weight is 590 g/mol. The minimum absolute atomic E-state index is 0.0654. The van der Waals surface area contributed by atoms with Crippen LogP contribution < -0.4 is 15.9 Å². The van der Waals surface area contributed by atoms with Crippen molar-refractivity contribution in [2.24, 2.45) is 12.5 Å². The van der Waals surface area contributed by atoms with Gasteiger partial charge in [-0.3, -0.25) is 23.6 Å². The van der Waals surface area contributed by atoms with Crippen molar-refractivity contribution >= 4 is 36.6 Å². The predicted octanol–water partition coefficient (Wildman–Crippen LogP) is 4.20. The topological polar surface area (TPSA) is 88.8 Å². The Hall–Kier alpha value is -3.21. The number of amides is 2. The number of para-hydroxylation sites is 1. The highest BCUT2D eigenvalue weighted by molar-refractivity contribution is 6.76. The van der Waals surface area contributed by atoms with Crippen LogP contribution in [-0.4, -0.2) is 73.4 Å². The Morgan fingerprint density at radius 2 is 1.86 bits per heavy atom. The van der Waals surface area contributed by atoms with Crippen LogP contribution in [0.2, 0.25) is 25.7 Å². The quantitative estimate of drug-likeness (QED) is 0.241. The lowest BCUT2D eigenvalue weighted by Gasteiger charge is -2.50. The van der Waals surface area contributed by atoms with Gasteiger partial charge < -0.3 is 15.0 Å². The fourth-order valence-electron chi connectivity index (χ4n) is 6.77. The van der Waals surface area contributed by atoms with Gasteiger partial charge in [0.05, 0.1) is 11.0 Å². The Kier molecular flexibility index (Phi) is 7.65. The Morgan fingerprint density at radius 1 is 1.07 bits per heavy atom. The number of anilines is 1. The maximum Gasteiger partial charge on any atom is 0.329 e. The van der Waals surface area contributed by atoms with Gasteiger partial charge in [-0.1, -0.05) is 43.9 Å². The molecule has 3 aliphatic heterocycles. The summed E-state index contributed by atoms with van der Waals surface area (Å²) in [5.41, 5.74) is 4.82. The third-order valence-corrected chi connectivity index (χ3v) is 11.0. The first-order chi connectivity index (χ1) is 20.1. The zero-order chi connectivity index (χ0) is 29.6. The molecule has 9 nitrogen and oxygen atoms in total. The van der Waals surface area contributed by atoms with Crippen molar-refractivity contribution in [2.75, 3.05) is 44.4 Å². The number of carbonyl (C=O) groups is 2. The van der Waals surface area contributed by atoms with Gasteiger partial charge in [0.1, 0.15) is 12.8 Å². The normalized spacial score (nSPS) is 20.9. The molecule has 0 aliphatic carbocycles. The van der Waals surface area contributed by atoms with E-state index >= 15 is 0 Å². The third kappa shape index (κ3) is 5.36. The number of piperidine rings is 2. The van der Waals surface area contributed by atoms with Crippen molar-refractivity contribution in [1.82, 2.24) is 19.4 Å². The van der Waals surface area contributed by atoms with Crippen molar-refractivity contribution in [3.05, 3.63) is 52.9 Å². The van der Waals surface area contributed by atoms with E-state index in [1.54, 1.807) is 16.2 Å². The molecule has 224 valence electrons. The monoisotopic (exact) mass is 589 g/mol. The summed E-state index contributed by atoms with van der Waals surface area (Å²) >= 11 is 0. The van der Waals surface area contributed by atoms with Gasteiger partial charge in [0.2, 0.25) is 5.91 Å². The zero-order valence-corrected chi connectivity index (χ0v) is 26.3. The number of ether oxygens (including phenoxy) is 1. The number of nitrogens with one attached hydrogen (secondary N) is 1. The van der Waals surface area contributed by atoms with E-state index in [-0.39, 0.29) is 30.7 Å². The summed E-state index contributed by atoms with van der Waals surface area (Å²) in [5, 5.41) is 3.46. The van der Waals surface area contributed by atoms with E-state index in [9.17, 15) is 14.4 Å². The van der Waals surface area contributed by atoms with Crippen molar-refractivity contribution < 1.29 is 14.3 Å². The molecule has 42 heavy (non-hydrogen) atoms. The third-order valence-electron chi connectivity index (χ3n) is 9.30. The fourth-order valence-corrected chi connectivity index (χ4v) is 7.53. The van der Waals surface area contributed by atoms with Crippen LogP contribution >= 0.6 is 0 Å². The van der Waals surface area contributed by atoms with Crippen molar-refractivity contribution in [3.63, 3.8) is 0 Å². The number of rotatable bonds is 8. The number of likely N-dealkylation sites (tertiary alicyclic amines) is 1. The van der Waals surface area contributed by atoms with E-state index in [4.69, 9.17) is 4.74 Å². The van der Waals surface area contributed by atoms with Crippen molar-refractivity contribution in [1.29, 1.82) is 0 Å². The maximum atomic E-state index is 13.7. The SMILES string of the molecule is Cn1c(=O)n(C2CCC(=O)N(COCC[Si](C)(C)C)C2=O)c2cccc(-c3cccc(N4CCCC5(CNC5)C4)c3)c21. The van der Waals surface area contributed by atoms with Gasteiger partial charge in [-0.15, -0.1) is 0 Å². The second-order valence-corrected chi connectivity index (χ2v) is 19.2. The first-order valence-electron chi connectivity index (χ1n) is 15.2. The molecule has 10 heteroatoms. The number of nitrogens with zero attached hydrogens (tertiary/aromatic N) is 4. The van der Waals surface area contributed by atoms with Crippen molar-refractivity contribution in [3.8, 4) is 11.1 Å². The minimum atomic E-state index is -1.30. The van der Waals surface area contributed by atoms with Crippen LogP contribution in [0.4, 0.5) is 5.69 Å². The standard InChI is InChI=1S/C32H43N5O4Si/c1-34-29-25(23-8-5-9-24(18-23)35-15-7-14-32(21-35)19-33-20-32)10-6-11-26(29)37(31(34)40)27-12-13-28(38)36(30(27)39)22-41-16-17-42(2,3)4/h5-6,8-11,18,27,33H,7,12-17,19-22H2,1-4H3. The molecule has 2 amide bonds. The zero-order valence-electron chi connectivity index (χ0n) is 25.3. The Balaban J connectivity index is 1.30. The van der Waals surface area contributed by atoms with Crippen molar-refractivity contribution in [2.45, 2.75) is 57.4 Å². The van der Waals surface area contributed by atoms with E-state index in [0.717, 1.165) is 48.9 Å². The first kappa shape index (κ1) is 28.9. The molecule has 1 atom stereocenters. The smallest absolute Gasteiger partial charge is 0.329 e. The highest BCUT2D eigenvalue weighted by atomic mass is 28.3. The molecule has 1 aromatic heterocycles. The predicted molar refractivity (Wildman–Crippen MR) is 168 cm³/mol. The molecule has 3 aromatic rings. The maximum absolute atomic E-state index is 13.7. The number of benzene rings is 2. The molecule has 6 rings (SSSR count). The first-order valence-corrected chi connectivity index (χ1v) is 19.0. The van der Waals surface area contributed by atoms with Crippen LogP contribution in [0.25, 0.3) is 22.2 Å². The lowest BCUT2D eigenvalue weighted by Crippen LogP contribution is -2.61. The summed E-state index contributed by atoms with van der Waals surface area (Å²) in [5.74, 6) is -0.613. The van der Waals surface area contributed by atoms with Crippen LogP contribution in [0.3, 0.4) is 0 Å². The Morgan fingerprint density at radius 3 is 2.60 bits per heavy atom. The molecule has 0 saturated carbocycles. The summed E-state index contributed by atoms with van der Waals surface area (Å²) in [6, 6.07) is 14.7. The number of carbonyl (C=O) groups excluding carboxylic acids is 2. The highest BCUT2D eigenvalue weighted by Crippen LogP contribution is 2.38. The lowest BCUT2D eigenvalue weighted by atomic mass is 9.75. The molecule has 3 saturated heterocycles. The van der Waals surface area contributed by atoms with E-state index in [2.05, 4.69) is 54.1 Å². The Bertz CT molecular complexity index is 1570. The molecule has 3 aliphatic rings. The van der Waals surface area contributed by atoms with Gasteiger partial charge >= 0.3 is 5.69 Å². The molecule has 0 bridgehead atoms. The summed E-state index contributed by atoms with van der Waals surface area (Å²) in [4.78, 5) is 43.8. The molecular formula is C32H43N5O4Si. The van der Waals surface area contributed by atoms with Gasteiger partial charge in [0.15, 0.2) is 0 Å². The number of fused-ring (bicyclic) bond motifs is 1. The molecule has 1 unspecified atom stereocenters. The molecule has 4 heterocycles. The number of aryl methyl sites for hydroxylation is 1. The van der Waals surface area contributed by atoms with E-state index in [0.29, 0.717) is 24.0 Å². The Labute approximate surface area is 248 Å². The van der Waals surface area contributed by atoms with Crippen LogP contribution in [0.15, 0.2) is 47.3 Å². The number of imide groups is 1. The second kappa shape index (κ2) is 11.1. The molecular weight excluding hydrogens is 546 g/mol. The van der Waals surface area contributed by atoms with Crippen LogP contribution in [0, 0.1) is 5.41 Å². The van der Waals surface area contributed by atoms with E-state index in [1.165, 1.54) is 23.4 Å². The van der Waals surface area contributed by atoms with Gasteiger partial charge in [-0.25, -0.2) is 4.79 Å². The molecule has 2 aromatic carbocycles. The van der Waals surface area contributed by atoms with Crippen LogP contribution in [0.1, 0.15) is 31.7 Å².